The molecule has 0 N–H and O–H groups in total. The van der Waals surface area contributed by atoms with Gasteiger partial charge in [0.05, 0.1) is 0 Å². The van der Waals surface area contributed by atoms with Crippen LogP contribution in [0.15, 0.2) is 176 Å². The number of hydrogen-bond acceptors (Lipinski definition) is 8. The van der Waals surface area contributed by atoms with Crippen LogP contribution < -0.4 is 38.5 Å². The van der Waals surface area contributed by atoms with Crippen LogP contribution in [0.1, 0.15) is 384 Å². The van der Waals surface area contributed by atoms with Gasteiger partial charge in [0.15, 0.2) is 0 Å². The fraction of sp³-hybridized carbons (Fsp3) is 0.533. The van der Waals surface area contributed by atoms with Gasteiger partial charge in [0.1, 0.15) is 0 Å². The zero-order valence-electron chi connectivity index (χ0n) is 91.7. The topological polar surface area (TPSA) is 49.9 Å². The van der Waals surface area contributed by atoms with Crippen molar-refractivity contribution in [2.45, 2.75) is 390 Å². The van der Waals surface area contributed by atoms with Gasteiger partial charge in [-0.2, -0.15) is 0 Å². The Kier molecular flexibility index (Phi) is 53.1. The van der Waals surface area contributed by atoms with Crippen LogP contribution >= 0.6 is 77.5 Å². The van der Waals surface area contributed by atoms with E-state index in [1.807, 2.05) is 171 Å². The number of anilines is 4. The average molecular weight is 2430 g/mol. The van der Waals surface area contributed by atoms with Crippen molar-refractivity contribution in [1.82, 2.24) is 0 Å². The van der Waals surface area contributed by atoms with E-state index >= 15 is 0 Å². The van der Waals surface area contributed by atoms with Gasteiger partial charge in [-0.15, -0.1) is 21.7 Å². The third kappa shape index (κ3) is 39.7. The first-order chi connectivity index (χ1) is 65.2. The Morgan fingerprint density at radius 1 is 0.314 bits per heavy atom. The van der Waals surface area contributed by atoms with E-state index in [9.17, 15) is 0 Å². The molecule has 140 heavy (non-hydrogen) atoms. The van der Waals surface area contributed by atoms with Crippen molar-refractivity contribution in [3.05, 3.63) is 263 Å². The smallest absolute Gasteiger partial charge is 0.0145 e. The van der Waals surface area contributed by atoms with Crippen molar-refractivity contribution in [1.29, 1.82) is 0 Å². The van der Waals surface area contributed by atoms with E-state index in [0.29, 0.717) is 45.8 Å². The van der Waals surface area contributed by atoms with Crippen molar-refractivity contribution in [2.24, 2.45) is 27.6 Å². The first-order valence-electron chi connectivity index (χ1n) is 50.6. The van der Waals surface area contributed by atoms with Crippen molar-refractivity contribution < 1.29 is 73.0 Å². The van der Waals surface area contributed by atoms with Gasteiger partial charge in [0, 0.05) is 44.9 Å². The second-order valence-corrected chi connectivity index (χ2v) is 67.1. The number of halogens is 8. The van der Waals surface area contributed by atoms with Gasteiger partial charge in [-0.25, -0.2) is 26.2 Å². The van der Waals surface area contributed by atoms with Crippen molar-refractivity contribution in [3.8, 4) is 23.0 Å². The fourth-order valence-electron chi connectivity index (χ4n) is 20.0. The monoisotopic (exact) mass is 2420 g/mol. The van der Waals surface area contributed by atoms with Gasteiger partial charge in [0.25, 0.3) is 0 Å². The Morgan fingerprint density at radius 3 is 0.921 bits per heavy atom. The van der Waals surface area contributed by atoms with E-state index in [0.717, 1.165) is 51.7 Å². The summed E-state index contributed by atoms with van der Waals surface area (Å²) in [4.78, 5) is 10.3. The Balaban J connectivity index is 0.000000284. The molecule has 12 rings (SSSR count). The molecule has 0 aliphatic carbocycles. The molecule has 8 aromatic rings. The molecule has 1 atom stereocenters. The maximum absolute atomic E-state index is 5.82. The van der Waals surface area contributed by atoms with Crippen LogP contribution in [0, 0.1) is 67.6 Å². The molecule has 4 saturated heterocycles. The van der Waals surface area contributed by atoms with Crippen LogP contribution in [0.25, 0.3) is 0 Å². The molecule has 792 valence electrons. The summed E-state index contributed by atoms with van der Waals surface area (Å²) in [6.07, 6.45) is 14.2. The largest absolute Gasteiger partial charge is 0.517 e. The molecular formula is C120H176Cl8N4O4Ru4-4. The molecule has 8 nitrogen and oxygen atoms in total. The van der Waals surface area contributed by atoms with Crippen molar-refractivity contribution >= 4 is 119 Å². The van der Waals surface area contributed by atoms with E-state index in [4.69, 9.17) is 96.5 Å². The second kappa shape index (κ2) is 58.6. The van der Waals surface area contributed by atoms with Gasteiger partial charge in [0.2, 0.25) is 0 Å². The summed E-state index contributed by atoms with van der Waals surface area (Å²) in [7, 11) is 46.5. The first-order valence-corrected chi connectivity index (χ1v) is 72.5. The van der Waals surface area contributed by atoms with Gasteiger partial charge in [-0.05, 0) is 150 Å². The zero-order chi connectivity index (χ0) is 106. The molecule has 0 spiro atoms. The minimum absolute atomic E-state index is 0.163. The van der Waals surface area contributed by atoms with Gasteiger partial charge in [-0.3, -0.25) is 0 Å². The van der Waals surface area contributed by atoms with Crippen LogP contribution in [0.4, 0.5) is 22.7 Å². The average Bonchev–Trinajstić information content (AvgIpc) is 1.61. The number of hydrogen-bond donors (Lipinski definition) is 0. The molecule has 20 heteroatoms. The molecule has 4 heterocycles. The third-order valence-corrected chi connectivity index (χ3v) is 33.2. The number of nitrogens with zero attached hydrogens (tertiary/aromatic N) is 4. The van der Waals surface area contributed by atoms with E-state index in [2.05, 4.69) is 319 Å². The predicted octanol–water partition coefficient (Wildman–Crippen LogP) is 38.3. The van der Waals surface area contributed by atoms with E-state index in [-0.39, 0.29) is 52.0 Å². The van der Waals surface area contributed by atoms with Crippen molar-refractivity contribution in [3.63, 3.8) is 0 Å². The minimum Gasteiger partial charge on any atom is -0.517 e. The Morgan fingerprint density at radius 2 is 0.600 bits per heavy atom. The molecule has 4 aliphatic heterocycles. The van der Waals surface area contributed by atoms with E-state index < -0.39 is 54.1 Å². The fourth-order valence-corrected chi connectivity index (χ4v) is 27.2. The van der Waals surface area contributed by atoms with Crippen LogP contribution in [0.3, 0.4) is 0 Å². The normalized spacial score (nSPS) is 17.4. The summed E-state index contributed by atoms with van der Waals surface area (Å²) in [5.74, 6) is 6.30. The Bertz CT molecular complexity index is 4950. The summed E-state index contributed by atoms with van der Waals surface area (Å²) >= 11 is -7.08. The standard InChI is InChI=1S/C22H36N.C20H32N.2C19H30N.4C10H12O.8ClH.4Ru/c1-9-13-22(8)14-21(6,7)23(15-22)20-18(16(2)3)11-10-12-19(20)17(4)5;1-8-20(9-2)13-19(6,7)21(14-20)18-16(5)11-10-12-17(18)15(3)4;1-14(2)11-16-10-8-9-15(3)17(16)20-13-18(4,5)12-19(20,6)7;1-7-19(8-2)13-18(5,6)20(14-19)17-12-10-9-11-16(17)15(3)4;4*1-8(2)11-10-7-5-4-6-9(10)3;;;;;;;;;;;;/h10-12,15-17H,9,13-14H2,1-8H3;10-12,14-15H,8-9,13H2,1-7H3;8-10,13-14H,11-12H2,1-7H3;9-12,14-15H,7-8,13H2,1-6H3;4*3-8H,1-2H3;8*1H;;;;/q4*-1;;;;;;;;;;;;;4*+2/p-8. The summed E-state index contributed by atoms with van der Waals surface area (Å²) in [6, 6.07) is 60.4. The summed E-state index contributed by atoms with van der Waals surface area (Å²) in [5.41, 5.74) is 22.0. The molecule has 4 fully saturated rings. The summed E-state index contributed by atoms with van der Waals surface area (Å²) < 4.78 is 30.1. The maximum Gasteiger partial charge on any atom is 0.0145 e. The van der Waals surface area contributed by atoms with E-state index in [1.165, 1.54) is 126 Å². The maximum atomic E-state index is 5.82. The number of aryl methyl sites for hydroxylation is 2. The minimum atomic E-state index is -1.77. The second-order valence-electron chi connectivity index (χ2n) is 44.2. The number of benzene rings is 8. The van der Waals surface area contributed by atoms with Crippen LogP contribution in [-0.2, 0) is 60.5 Å². The Hall–Kier alpha value is -3.55. The van der Waals surface area contributed by atoms with Crippen molar-refractivity contribution in [2.75, 3.05) is 19.6 Å². The third-order valence-electron chi connectivity index (χ3n) is 25.9. The van der Waals surface area contributed by atoms with Gasteiger partial charge >= 0.3 is 391 Å². The zero-order valence-corrected chi connectivity index (χ0v) is 105. The molecule has 0 bridgehead atoms. The Labute approximate surface area is 906 Å². The van der Waals surface area contributed by atoms with Crippen LogP contribution in [-0.4, -0.2) is 65.0 Å². The van der Waals surface area contributed by atoms with E-state index in [1.54, 1.807) is 0 Å². The quantitative estimate of drug-likeness (QED) is 0.0355. The molecule has 4 aliphatic rings. The number of ether oxygens (including phenoxy) is 4. The molecule has 8 aromatic carbocycles. The predicted molar refractivity (Wildman–Crippen MR) is 611 cm³/mol. The number of rotatable bonds is 28. The van der Waals surface area contributed by atoms with Gasteiger partial charge < -0.3 is 19.6 Å². The first kappa shape index (κ1) is 127. The summed E-state index contributed by atoms with van der Waals surface area (Å²) in [6.45, 7) is 91.4. The van der Waals surface area contributed by atoms with Crippen LogP contribution in [0.5, 0.6) is 23.0 Å². The van der Waals surface area contributed by atoms with Gasteiger partial charge in [-0.1, -0.05) is 262 Å². The molecule has 0 aromatic heterocycles. The molecule has 0 radical (unpaired) electrons. The molecular weight excluding hydrogens is 2250 g/mol. The number of para-hydroxylation sites is 8. The van der Waals surface area contributed by atoms with Crippen LogP contribution in [0.2, 0.25) is 0 Å². The molecule has 1 unspecified atom stereocenters. The SMILES string of the molecule is CC(C)Oc1ccccc1[CH]=[Ru]([Cl])[Cl].CC(C)Oc1ccccc1[CH]=[Ru]([Cl])[Cl].CC(C)Oc1ccccc1[CH]=[Ru]([Cl])[Cl].CC(C)Oc1ccccc1[CH]=[Ru]([Cl])[Cl].CCC1(CC)[CH-]N(c2c(C)cccc2C(C)C)C(C)(C)C1.CCC1(CC)[CH-]N(c2ccccc2C(C)C)C(C)(C)C1.CCCC1(C)[CH-]N(c2c(C(C)C)cccc2C(C)C)C(C)(C)C1.Cc1cccc(CC(C)C)c1N1[CH-]C(C)(C)CC1(C)C. The molecule has 0 amide bonds. The summed E-state index contributed by atoms with van der Waals surface area (Å²) in [5, 5.41) is 0. The molecule has 0 saturated carbocycles.